The Morgan fingerprint density at radius 3 is 2.27 bits per heavy atom. The summed E-state index contributed by atoms with van der Waals surface area (Å²) in [6.45, 7) is 17.8. The van der Waals surface area contributed by atoms with Crippen molar-refractivity contribution in [2.75, 3.05) is 5.75 Å². The molecule has 7 nitrogen and oxygen atoms in total. The van der Waals surface area contributed by atoms with E-state index < -0.39 is 16.1 Å². The minimum Gasteiger partial charge on any atom is -0.487 e. The first-order chi connectivity index (χ1) is 26.1. The summed E-state index contributed by atoms with van der Waals surface area (Å²) in [5.41, 5.74) is 5.42. The molecular weight excluding hydrogens is 707 g/mol. The third kappa shape index (κ3) is 13.3. The van der Waals surface area contributed by atoms with Crippen molar-refractivity contribution in [3.63, 3.8) is 0 Å². The van der Waals surface area contributed by atoms with E-state index in [1.165, 1.54) is 63.2 Å². The number of rotatable bonds is 20. The predicted octanol–water partition coefficient (Wildman–Crippen LogP) is 11.6. The summed E-state index contributed by atoms with van der Waals surface area (Å²) >= 11 is 0. The highest BCUT2D eigenvalue weighted by Crippen LogP contribution is 2.45. The molecule has 0 spiro atoms. The van der Waals surface area contributed by atoms with Gasteiger partial charge in [-0.25, -0.2) is 4.79 Å². The van der Waals surface area contributed by atoms with E-state index in [0.717, 1.165) is 82.6 Å². The van der Waals surface area contributed by atoms with Crippen LogP contribution in [0.15, 0.2) is 54.6 Å². The summed E-state index contributed by atoms with van der Waals surface area (Å²) < 4.78 is 43.3. The van der Waals surface area contributed by atoms with E-state index in [1.54, 1.807) is 18.2 Å². The molecule has 1 aliphatic heterocycles. The lowest BCUT2D eigenvalue weighted by Gasteiger charge is -2.38. The fraction of sp³-hybridized carbons (Fsp3) is 0.532. The van der Waals surface area contributed by atoms with Crippen LogP contribution >= 0.6 is 0 Å². The molecule has 0 N–H and O–H groups in total. The SMILES string of the molecule is Cc1c(C)c2c(c(C)c1OC(=O)/C=C/c1cccc(CCS(=O)(=O)Oc3ccccc3C#N)c1)CCC(C)(CCCC(C)CCCC(C)CCCC(C)C)O2. The van der Waals surface area contributed by atoms with Crippen LogP contribution in [0.1, 0.15) is 138 Å². The van der Waals surface area contributed by atoms with Gasteiger partial charge in [-0.15, -0.1) is 0 Å². The third-order valence-corrected chi connectivity index (χ3v) is 12.4. The maximum absolute atomic E-state index is 13.1. The number of hydrogen-bond donors (Lipinski definition) is 0. The highest BCUT2D eigenvalue weighted by atomic mass is 32.2. The Morgan fingerprint density at radius 2 is 1.58 bits per heavy atom. The van der Waals surface area contributed by atoms with Crippen molar-refractivity contribution >= 4 is 22.2 Å². The number of fused-ring (bicyclic) bond motifs is 1. The molecule has 0 bridgehead atoms. The number of esters is 1. The molecule has 0 amide bonds. The number of nitrogens with zero attached hydrogens (tertiary/aromatic N) is 1. The van der Waals surface area contributed by atoms with E-state index in [0.29, 0.717) is 5.75 Å². The van der Waals surface area contributed by atoms with Crippen LogP contribution in [-0.2, 0) is 27.8 Å². The number of hydrogen-bond acceptors (Lipinski definition) is 7. The Hall–Kier alpha value is -4.09. The molecule has 4 rings (SSSR count). The summed E-state index contributed by atoms with van der Waals surface area (Å²) in [4.78, 5) is 13.1. The molecule has 8 heteroatoms. The van der Waals surface area contributed by atoms with E-state index in [1.807, 2.05) is 44.2 Å². The van der Waals surface area contributed by atoms with Gasteiger partial charge in [-0.3, -0.25) is 0 Å². The van der Waals surface area contributed by atoms with Crippen LogP contribution in [-0.4, -0.2) is 25.7 Å². The van der Waals surface area contributed by atoms with Crippen LogP contribution in [0.3, 0.4) is 0 Å². The quantitative estimate of drug-likeness (QED) is 0.0488. The topological polar surface area (TPSA) is 103 Å². The minimum absolute atomic E-state index is 0.0138. The van der Waals surface area contributed by atoms with Crippen LogP contribution in [0.4, 0.5) is 0 Å². The summed E-state index contributed by atoms with van der Waals surface area (Å²) in [5, 5.41) is 9.24. The monoisotopic (exact) mass is 769 g/mol. The van der Waals surface area contributed by atoms with E-state index in [2.05, 4.69) is 41.5 Å². The zero-order chi connectivity index (χ0) is 40.2. The molecule has 0 aromatic heterocycles. The molecule has 55 heavy (non-hydrogen) atoms. The molecule has 0 saturated carbocycles. The zero-order valence-electron chi connectivity index (χ0n) is 34.5. The second-order valence-corrected chi connectivity index (χ2v) is 18.3. The molecule has 0 radical (unpaired) electrons. The van der Waals surface area contributed by atoms with Gasteiger partial charge in [-0.1, -0.05) is 109 Å². The van der Waals surface area contributed by atoms with Crippen LogP contribution in [0.25, 0.3) is 6.08 Å². The molecule has 3 aromatic rings. The van der Waals surface area contributed by atoms with E-state index in [4.69, 9.17) is 13.7 Å². The number of nitriles is 1. The number of benzene rings is 3. The van der Waals surface area contributed by atoms with E-state index in [-0.39, 0.29) is 29.1 Å². The highest BCUT2D eigenvalue weighted by molar-refractivity contribution is 7.87. The first-order valence-corrected chi connectivity index (χ1v) is 21.9. The van der Waals surface area contributed by atoms with Gasteiger partial charge in [-0.05, 0) is 124 Å². The predicted molar refractivity (Wildman–Crippen MR) is 223 cm³/mol. The van der Waals surface area contributed by atoms with E-state index in [9.17, 15) is 18.5 Å². The second kappa shape index (κ2) is 20.2. The summed E-state index contributed by atoms with van der Waals surface area (Å²) in [7, 11) is -3.93. The average molecular weight is 770 g/mol. The molecule has 0 fully saturated rings. The van der Waals surface area contributed by atoms with Gasteiger partial charge >= 0.3 is 16.1 Å². The normalized spacial score (nSPS) is 16.7. The van der Waals surface area contributed by atoms with Crippen LogP contribution in [0.2, 0.25) is 0 Å². The van der Waals surface area contributed by atoms with Crippen molar-refractivity contribution in [3.8, 4) is 23.3 Å². The minimum atomic E-state index is -3.93. The average Bonchev–Trinajstić information content (AvgIpc) is 3.14. The zero-order valence-corrected chi connectivity index (χ0v) is 35.3. The fourth-order valence-electron chi connectivity index (χ4n) is 7.62. The maximum Gasteiger partial charge on any atom is 0.336 e. The molecule has 1 heterocycles. The molecule has 3 atom stereocenters. The smallest absolute Gasteiger partial charge is 0.336 e. The van der Waals surface area contributed by atoms with Gasteiger partial charge in [0, 0.05) is 11.6 Å². The molecule has 1 aliphatic rings. The lowest BCUT2D eigenvalue weighted by Crippen LogP contribution is -2.37. The summed E-state index contributed by atoms with van der Waals surface area (Å²) in [5.74, 6) is 3.15. The lowest BCUT2D eigenvalue weighted by molar-refractivity contribution is -0.129. The van der Waals surface area contributed by atoms with Crippen molar-refractivity contribution < 1.29 is 26.9 Å². The number of aryl methyl sites for hydroxylation is 1. The Balaban J connectivity index is 1.29. The Labute approximate surface area is 331 Å². The van der Waals surface area contributed by atoms with Crippen LogP contribution in [0.5, 0.6) is 17.2 Å². The molecule has 3 aromatic carbocycles. The maximum atomic E-state index is 13.1. The number of ether oxygens (including phenoxy) is 2. The van der Waals surface area contributed by atoms with Crippen LogP contribution < -0.4 is 13.7 Å². The third-order valence-electron chi connectivity index (χ3n) is 11.3. The van der Waals surface area contributed by atoms with E-state index >= 15 is 0 Å². The molecule has 0 aliphatic carbocycles. The van der Waals surface area contributed by atoms with Gasteiger partial charge in [0.15, 0.2) is 5.75 Å². The van der Waals surface area contributed by atoms with Gasteiger partial charge in [-0.2, -0.15) is 13.7 Å². The summed E-state index contributed by atoms with van der Waals surface area (Å²) in [6, 6.07) is 15.5. The van der Waals surface area contributed by atoms with Crippen molar-refractivity contribution in [3.05, 3.63) is 93.6 Å². The number of carbonyl (C=O) groups is 1. The summed E-state index contributed by atoms with van der Waals surface area (Å²) in [6.07, 6.45) is 16.5. The Bertz CT molecular complexity index is 1940. The Kier molecular flexibility index (Phi) is 16.0. The molecule has 0 saturated heterocycles. The highest BCUT2D eigenvalue weighted by Gasteiger charge is 2.35. The molecule has 3 unspecified atom stereocenters. The van der Waals surface area contributed by atoms with Crippen molar-refractivity contribution in [2.24, 2.45) is 17.8 Å². The second-order valence-electron chi connectivity index (χ2n) is 16.6. The van der Waals surface area contributed by atoms with Crippen molar-refractivity contribution in [2.45, 2.75) is 138 Å². The first-order valence-electron chi connectivity index (χ1n) is 20.3. The Morgan fingerprint density at radius 1 is 0.909 bits per heavy atom. The van der Waals surface area contributed by atoms with Gasteiger partial charge in [0.05, 0.1) is 11.3 Å². The largest absolute Gasteiger partial charge is 0.487 e. The fourth-order valence-corrected chi connectivity index (χ4v) is 8.61. The van der Waals surface area contributed by atoms with Gasteiger partial charge in [0.25, 0.3) is 0 Å². The number of para-hydroxylation sites is 1. The van der Waals surface area contributed by atoms with Crippen molar-refractivity contribution in [1.29, 1.82) is 5.26 Å². The number of carbonyl (C=O) groups excluding carboxylic acids is 1. The van der Waals surface area contributed by atoms with Crippen LogP contribution in [0, 0.1) is 49.9 Å². The molecular formula is C47H63NO6S. The standard InChI is InChI=1S/C47H63NO6S/c1-33(2)15-11-16-34(3)17-12-18-35(4)19-14-28-47(8)29-26-42-38(7)45(36(5)37(6)46(42)53-47)52-44(49)25-24-39-20-13-21-40(31-39)27-30-55(50,51)54-43-23-10-9-22-41(43)32-48/h9-10,13,20-25,31,33-35H,11-12,14-19,26-30H2,1-8H3/b25-24+. The van der Waals surface area contributed by atoms with Crippen molar-refractivity contribution in [1.82, 2.24) is 0 Å². The molecule has 298 valence electrons. The van der Waals surface area contributed by atoms with Gasteiger partial charge in [0.1, 0.15) is 23.2 Å². The van der Waals surface area contributed by atoms with Gasteiger partial charge < -0.3 is 13.7 Å². The van der Waals surface area contributed by atoms with Gasteiger partial charge in [0.2, 0.25) is 0 Å². The lowest BCUT2D eigenvalue weighted by atomic mass is 9.83. The first kappa shape index (κ1) is 43.6.